The number of amides is 1. The first-order chi connectivity index (χ1) is 15.5. The molecule has 158 valence electrons. The fraction of sp³-hybridized carbons (Fsp3) is 0.120. The zero-order valence-electron chi connectivity index (χ0n) is 18.0. The highest BCUT2D eigenvalue weighted by Gasteiger charge is 2.12. The summed E-state index contributed by atoms with van der Waals surface area (Å²) >= 11 is 0. The summed E-state index contributed by atoms with van der Waals surface area (Å²) in [4.78, 5) is 25.7. The molecule has 4 rings (SSSR count). The number of likely N-dealkylation sites (N-methyl/N-ethyl adjacent to an activating group) is 1. The van der Waals surface area contributed by atoms with E-state index < -0.39 is 0 Å². The van der Waals surface area contributed by atoms with Crippen molar-refractivity contribution in [1.29, 1.82) is 5.26 Å². The molecule has 0 bridgehead atoms. The van der Waals surface area contributed by atoms with Crippen molar-refractivity contribution in [2.24, 2.45) is 0 Å². The SMILES string of the molecule is CNc1cncc(-c2c[nH]c3ncc(-c4cccc(C=C(C#N)C(=O)N(C)C)c4)cc23)c1. The van der Waals surface area contributed by atoms with Crippen LogP contribution in [-0.2, 0) is 4.79 Å². The minimum atomic E-state index is -0.324. The van der Waals surface area contributed by atoms with Crippen molar-refractivity contribution in [2.75, 3.05) is 26.5 Å². The molecule has 1 aromatic carbocycles. The topological polar surface area (TPSA) is 97.7 Å². The smallest absolute Gasteiger partial charge is 0.264 e. The van der Waals surface area contributed by atoms with E-state index in [2.05, 4.69) is 26.3 Å². The summed E-state index contributed by atoms with van der Waals surface area (Å²) in [5.74, 6) is -0.324. The van der Waals surface area contributed by atoms with Crippen molar-refractivity contribution in [3.05, 3.63) is 72.3 Å². The molecule has 0 fully saturated rings. The van der Waals surface area contributed by atoms with Gasteiger partial charge in [-0.2, -0.15) is 5.26 Å². The lowest BCUT2D eigenvalue weighted by atomic mass is 10.0. The molecule has 7 nitrogen and oxygen atoms in total. The van der Waals surface area contributed by atoms with Crippen LogP contribution in [0.4, 0.5) is 5.69 Å². The molecule has 7 heteroatoms. The minimum absolute atomic E-state index is 0.0885. The van der Waals surface area contributed by atoms with E-state index in [0.29, 0.717) is 0 Å². The summed E-state index contributed by atoms with van der Waals surface area (Å²) in [6.45, 7) is 0. The molecule has 0 spiro atoms. The first kappa shape index (κ1) is 20.8. The number of nitriles is 1. The van der Waals surface area contributed by atoms with Crippen molar-refractivity contribution in [1.82, 2.24) is 19.9 Å². The highest BCUT2D eigenvalue weighted by atomic mass is 16.2. The van der Waals surface area contributed by atoms with E-state index in [1.807, 2.05) is 62.0 Å². The molecule has 32 heavy (non-hydrogen) atoms. The van der Waals surface area contributed by atoms with Crippen LogP contribution in [0.2, 0.25) is 0 Å². The predicted octanol–water partition coefficient (Wildman–Crippen LogP) is 4.33. The van der Waals surface area contributed by atoms with Crippen LogP contribution in [-0.4, -0.2) is 46.9 Å². The van der Waals surface area contributed by atoms with Crippen molar-refractivity contribution >= 4 is 28.7 Å². The summed E-state index contributed by atoms with van der Waals surface area (Å²) in [7, 11) is 5.11. The number of carbonyl (C=O) groups is 1. The maximum Gasteiger partial charge on any atom is 0.264 e. The van der Waals surface area contributed by atoms with Gasteiger partial charge in [0.05, 0.1) is 5.69 Å². The van der Waals surface area contributed by atoms with Crippen LogP contribution >= 0.6 is 0 Å². The van der Waals surface area contributed by atoms with E-state index in [4.69, 9.17) is 0 Å². The van der Waals surface area contributed by atoms with Crippen LogP contribution in [0, 0.1) is 11.3 Å². The normalized spacial score (nSPS) is 11.2. The number of pyridine rings is 2. The van der Waals surface area contributed by atoms with Gasteiger partial charge in [-0.3, -0.25) is 9.78 Å². The first-order valence-corrected chi connectivity index (χ1v) is 10.0. The fourth-order valence-corrected chi connectivity index (χ4v) is 3.48. The Morgan fingerprint density at radius 3 is 2.72 bits per heavy atom. The van der Waals surface area contributed by atoms with Crippen LogP contribution in [0.1, 0.15) is 5.56 Å². The monoisotopic (exact) mass is 422 g/mol. The molecule has 3 aromatic heterocycles. The lowest BCUT2D eigenvalue weighted by Crippen LogP contribution is -2.22. The molecule has 0 aliphatic rings. The Labute approximate surface area is 186 Å². The van der Waals surface area contributed by atoms with E-state index in [1.54, 1.807) is 26.4 Å². The quantitative estimate of drug-likeness (QED) is 0.369. The molecule has 4 aromatic rings. The number of nitrogens with one attached hydrogen (secondary N) is 2. The molecule has 0 unspecified atom stereocenters. The Balaban J connectivity index is 1.76. The van der Waals surface area contributed by atoms with E-state index in [0.717, 1.165) is 44.5 Å². The molecule has 1 amide bonds. The molecule has 0 aliphatic carbocycles. The average molecular weight is 422 g/mol. The largest absolute Gasteiger partial charge is 0.387 e. The minimum Gasteiger partial charge on any atom is -0.387 e. The summed E-state index contributed by atoms with van der Waals surface area (Å²) < 4.78 is 0. The number of carbonyl (C=O) groups excluding carboxylic acids is 1. The number of aromatic nitrogens is 3. The van der Waals surface area contributed by atoms with Gasteiger partial charge in [-0.05, 0) is 35.4 Å². The number of rotatable bonds is 5. The fourth-order valence-electron chi connectivity index (χ4n) is 3.48. The van der Waals surface area contributed by atoms with Gasteiger partial charge < -0.3 is 15.2 Å². The molecule has 2 N–H and O–H groups in total. The molecule has 3 heterocycles. The predicted molar refractivity (Wildman–Crippen MR) is 127 cm³/mol. The van der Waals surface area contributed by atoms with Gasteiger partial charge in [0.25, 0.3) is 5.91 Å². The lowest BCUT2D eigenvalue weighted by molar-refractivity contribution is -0.124. The van der Waals surface area contributed by atoms with Crippen LogP contribution in [0.5, 0.6) is 0 Å². The second-order valence-electron chi connectivity index (χ2n) is 7.53. The van der Waals surface area contributed by atoms with E-state index in [-0.39, 0.29) is 11.5 Å². The Morgan fingerprint density at radius 1 is 1.12 bits per heavy atom. The molecule has 0 atom stereocenters. The molecule has 0 saturated carbocycles. The van der Waals surface area contributed by atoms with Crippen LogP contribution < -0.4 is 5.32 Å². The summed E-state index contributed by atoms with van der Waals surface area (Å²) in [6, 6.07) is 13.8. The van der Waals surface area contributed by atoms with Crippen molar-refractivity contribution in [3.8, 4) is 28.3 Å². The van der Waals surface area contributed by atoms with Crippen molar-refractivity contribution in [2.45, 2.75) is 0 Å². The van der Waals surface area contributed by atoms with Gasteiger partial charge in [0.2, 0.25) is 0 Å². The van der Waals surface area contributed by atoms with E-state index >= 15 is 0 Å². The molecule has 0 aliphatic heterocycles. The van der Waals surface area contributed by atoms with Gasteiger partial charge in [-0.25, -0.2) is 4.98 Å². The third kappa shape index (κ3) is 4.07. The number of aromatic amines is 1. The summed E-state index contributed by atoms with van der Waals surface area (Å²) in [5.41, 5.74) is 6.46. The van der Waals surface area contributed by atoms with Gasteiger partial charge in [0.1, 0.15) is 17.3 Å². The van der Waals surface area contributed by atoms with E-state index in [9.17, 15) is 10.1 Å². The zero-order chi connectivity index (χ0) is 22.7. The highest BCUT2D eigenvalue weighted by molar-refractivity contribution is 6.01. The molecular weight excluding hydrogens is 400 g/mol. The number of hydrogen-bond donors (Lipinski definition) is 2. The second kappa shape index (κ2) is 8.74. The number of nitrogens with zero attached hydrogens (tertiary/aromatic N) is 4. The van der Waals surface area contributed by atoms with Gasteiger partial charge in [-0.1, -0.05) is 18.2 Å². The number of hydrogen-bond acceptors (Lipinski definition) is 5. The van der Waals surface area contributed by atoms with Gasteiger partial charge in [0.15, 0.2) is 0 Å². The lowest BCUT2D eigenvalue weighted by Gasteiger charge is -2.09. The van der Waals surface area contributed by atoms with Gasteiger partial charge in [-0.15, -0.1) is 0 Å². The first-order valence-electron chi connectivity index (χ1n) is 10.0. The second-order valence-corrected chi connectivity index (χ2v) is 7.53. The van der Waals surface area contributed by atoms with Crippen LogP contribution in [0.15, 0.2) is 66.8 Å². The highest BCUT2D eigenvalue weighted by Crippen LogP contribution is 2.32. The molecular formula is C25H22N6O. The number of fused-ring (bicyclic) bond motifs is 1. The third-order valence-corrected chi connectivity index (χ3v) is 5.16. The maximum atomic E-state index is 12.2. The van der Waals surface area contributed by atoms with Gasteiger partial charge >= 0.3 is 0 Å². The van der Waals surface area contributed by atoms with Crippen molar-refractivity contribution in [3.63, 3.8) is 0 Å². The Hall–Kier alpha value is -4.44. The van der Waals surface area contributed by atoms with Crippen LogP contribution in [0.25, 0.3) is 39.4 Å². The molecule has 0 saturated heterocycles. The number of benzene rings is 1. The summed E-state index contributed by atoms with van der Waals surface area (Å²) in [5, 5.41) is 13.5. The Bertz CT molecular complexity index is 1380. The Morgan fingerprint density at radius 2 is 1.97 bits per heavy atom. The maximum absolute atomic E-state index is 12.2. The third-order valence-electron chi connectivity index (χ3n) is 5.16. The summed E-state index contributed by atoms with van der Waals surface area (Å²) in [6.07, 6.45) is 8.95. The average Bonchev–Trinajstić information content (AvgIpc) is 3.25. The standard InChI is InChI=1S/C25H22N6O/c1-27-21-9-20(12-28-14-21)23-15-30-24-22(23)10-19(13-29-24)17-6-4-5-16(7-17)8-18(11-26)25(32)31(2)3/h4-10,12-15,27H,1-3H3,(H,29,30). The number of H-pyrrole nitrogens is 1. The van der Waals surface area contributed by atoms with Crippen LogP contribution in [0.3, 0.4) is 0 Å². The van der Waals surface area contributed by atoms with Gasteiger partial charge in [0, 0.05) is 68.0 Å². The Kier molecular flexibility index (Phi) is 5.69. The number of anilines is 1. The van der Waals surface area contributed by atoms with E-state index in [1.165, 1.54) is 4.90 Å². The molecule has 0 radical (unpaired) electrons. The zero-order valence-corrected chi connectivity index (χ0v) is 18.0. The van der Waals surface area contributed by atoms with Crippen molar-refractivity contribution < 1.29 is 4.79 Å².